The second kappa shape index (κ2) is 14.9. The van der Waals surface area contributed by atoms with Gasteiger partial charge in [0.05, 0.1) is 6.10 Å². The average molecular weight is 600 g/mol. The number of carbonyl (C=O) groups is 2. The number of piperidine rings is 1. The SMILES string of the molecule is O=C(CCCC(c1ccccc1)C(O)c1ccccc1)c1ccc2c(c1)CCC(CCN1CCC(c3ccccc3)CC1)C2=O. The number of benzene rings is 4. The molecule has 0 aromatic heterocycles. The zero-order valence-electron chi connectivity index (χ0n) is 26.2. The van der Waals surface area contributed by atoms with E-state index in [1.54, 1.807) is 0 Å². The fourth-order valence-corrected chi connectivity index (χ4v) is 7.44. The summed E-state index contributed by atoms with van der Waals surface area (Å²) in [7, 11) is 0. The molecule has 3 atom stereocenters. The van der Waals surface area contributed by atoms with Gasteiger partial charge in [0, 0.05) is 29.4 Å². The van der Waals surface area contributed by atoms with Crippen LogP contribution in [0.5, 0.6) is 0 Å². The van der Waals surface area contributed by atoms with Gasteiger partial charge < -0.3 is 10.0 Å². The number of Topliss-reactive ketones (excluding diaryl/α,β-unsaturated/α-hetero) is 2. The van der Waals surface area contributed by atoms with Gasteiger partial charge in [0.15, 0.2) is 11.6 Å². The van der Waals surface area contributed by atoms with Gasteiger partial charge in [-0.2, -0.15) is 0 Å². The summed E-state index contributed by atoms with van der Waals surface area (Å²) in [6.45, 7) is 3.17. The Morgan fingerprint density at radius 3 is 2.13 bits per heavy atom. The van der Waals surface area contributed by atoms with Crippen LogP contribution >= 0.6 is 0 Å². The molecule has 1 aliphatic carbocycles. The molecule has 0 bridgehead atoms. The highest BCUT2D eigenvalue weighted by Crippen LogP contribution is 2.36. The first-order valence-electron chi connectivity index (χ1n) is 16.8. The molecule has 1 fully saturated rings. The Labute approximate surface area is 268 Å². The van der Waals surface area contributed by atoms with Crippen LogP contribution in [0.3, 0.4) is 0 Å². The Morgan fingerprint density at radius 2 is 1.44 bits per heavy atom. The molecule has 2 aliphatic rings. The van der Waals surface area contributed by atoms with Crippen LogP contribution in [0.2, 0.25) is 0 Å². The Balaban J connectivity index is 1.00. The monoisotopic (exact) mass is 599 g/mol. The number of hydrogen-bond donors (Lipinski definition) is 1. The largest absolute Gasteiger partial charge is 0.388 e. The van der Waals surface area contributed by atoms with Crippen LogP contribution in [0.4, 0.5) is 0 Å². The molecule has 4 aromatic rings. The normalized spacial score (nSPS) is 18.7. The minimum atomic E-state index is -0.632. The van der Waals surface area contributed by atoms with E-state index in [4.69, 9.17) is 0 Å². The molecular weight excluding hydrogens is 554 g/mol. The van der Waals surface area contributed by atoms with Crippen LogP contribution in [0, 0.1) is 5.92 Å². The molecule has 1 aliphatic heterocycles. The molecule has 0 spiro atoms. The van der Waals surface area contributed by atoms with E-state index in [1.165, 1.54) is 18.4 Å². The summed E-state index contributed by atoms with van der Waals surface area (Å²) >= 11 is 0. The molecule has 1 saturated heterocycles. The first kappa shape index (κ1) is 31.1. The smallest absolute Gasteiger partial charge is 0.166 e. The van der Waals surface area contributed by atoms with E-state index in [-0.39, 0.29) is 23.4 Å². The Bertz CT molecular complexity index is 1540. The van der Waals surface area contributed by atoms with Crippen LogP contribution in [0.25, 0.3) is 0 Å². The molecule has 3 unspecified atom stereocenters. The van der Waals surface area contributed by atoms with Crippen LogP contribution in [0.1, 0.15) is 106 Å². The van der Waals surface area contributed by atoms with Crippen molar-refractivity contribution in [2.75, 3.05) is 19.6 Å². The quantitative estimate of drug-likeness (QED) is 0.166. The second-order valence-corrected chi connectivity index (χ2v) is 13.0. The van der Waals surface area contributed by atoms with Crippen molar-refractivity contribution in [2.24, 2.45) is 5.92 Å². The van der Waals surface area contributed by atoms with Gasteiger partial charge in [0.2, 0.25) is 0 Å². The summed E-state index contributed by atoms with van der Waals surface area (Å²) in [5, 5.41) is 11.2. The van der Waals surface area contributed by atoms with Gasteiger partial charge in [0.1, 0.15) is 0 Å². The van der Waals surface area contributed by atoms with E-state index in [1.807, 2.05) is 66.7 Å². The van der Waals surface area contributed by atoms with Crippen molar-refractivity contribution in [3.05, 3.63) is 143 Å². The number of aryl methyl sites for hydroxylation is 1. The van der Waals surface area contributed by atoms with Gasteiger partial charge in [-0.3, -0.25) is 9.59 Å². The van der Waals surface area contributed by atoms with E-state index >= 15 is 0 Å². The molecule has 45 heavy (non-hydrogen) atoms. The molecule has 1 N–H and O–H groups in total. The number of carbonyl (C=O) groups excluding carboxylic acids is 2. The van der Waals surface area contributed by atoms with E-state index in [2.05, 4.69) is 47.4 Å². The fraction of sp³-hybridized carbons (Fsp3) is 0.366. The van der Waals surface area contributed by atoms with Gasteiger partial charge in [-0.25, -0.2) is 0 Å². The first-order chi connectivity index (χ1) is 22.1. The number of ketones is 2. The predicted octanol–water partition coefficient (Wildman–Crippen LogP) is 8.57. The first-order valence-corrected chi connectivity index (χ1v) is 16.8. The van der Waals surface area contributed by atoms with E-state index in [9.17, 15) is 14.7 Å². The van der Waals surface area contributed by atoms with Gasteiger partial charge in [-0.15, -0.1) is 0 Å². The lowest BCUT2D eigenvalue weighted by Gasteiger charge is -2.33. The molecule has 4 nitrogen and oxygen atoms in total. The van der Waals surface area contributed by atoms with Gasteiger partial charge in [0.25, 0.3) is 0 Å². The highest BCUT2D eigenvalue weighted by molar-refractivity contribution is 6.02. The number of rotatable bonds is 12. The van der Waals surface area contributed by atoms with Crippen molar-refractivity contribution in [2.45, 2.75) is 69.3 Å². The standard InChI is InChI=1S/C41H45NO3/c43-39(18-10-17-37(32-13-6-2-7-14-32)40(44)33-15-8-3-9-16-33)36-21-22-38-35(29-36)20-19-34(41(38)45)25-28-42-26-23-31(24-27-42)30-11-4-1-5-12-30/h1-9,11-16,21-22,29,31,34,37,40,44H,10,17-20,23-28H2. The summed E-state index contributed by atoms with van der Waals surface area (Å²) in [6, 6.07) is 36.4. The minimum absolute atomic E-state index is 0.0665. The molecule has 4 heteroatoms. The topological polar surface area (TPSA) is 57.6 Å². The third-order valence-electron chi connectivity index (χ3n) is 10.1. The van der Waals surface area contributed by atoms with Crippen molar-refractivity contribution >= 4 is 11.6 Å². The zero-order valence-corrected chi connectivity index (χ0v) is 26.2. The summed E-state index contributed by atoms with van der Waals surface area (Å²) < 4.78 is 0. The molecular formula is C41H45NO3. The second-order valence-electron chi connectivity index (χ2n) is 13.0. The number of aliphatic hydroxyl groups is 1. The Kier molecular flexibility index (Phi) is 10.3. The number of likely N-dealkylation sites (tertiary alicyclic amines) is 1. The van der Waals surface area contributed by atoms with Crippen LogP contribution in [-0.2, 0) is 6.42 Å². The zero-order chi connectivity index (χ0) is 31.0. The summed E-state index contributed by atoms with van der Waals surface area (Å²) in [4.78, 5) is 29.2. The van der Waals surface area contributed by atoms with Gasteiger partial charge >= 0.3 is 0 Å². The molecule has 4 aromatic carbocycles. The Hall–Kier alpha value is -3.86. The lowest BCUT2D eigenvalue weighted by Crippen LogP contribution is -2.35. The maximum atomic E-state index is 13.4. The average Bonchev–Trinajstić information content (AvgIpc) is 3.10. The maximum Gasteiger partial charge on any atom is 0.166 e. The lowest BCUT2D eigenvalue weighted by molar-refractivity contribution is 0.0876. The van der Waals surface area contributed by atoms with Crippen molar-refractivity contribution < 1.29 is 14.7 Å². The van der Waals surface area contributed by atoms with Gasteiger partial charge in [-0.1, -0.05) is 103 Å². The van der Waals surface area contributed by atoms with Crippen LogP contribution in [0.15, 0.2) is 109 Å². The van der Waals surface area contributed by atoms with Crippen molar-refractivity contribution in [3.8, 4) is 0 Å². The maximum absolute atomic E-state index is 13.4. The highest BCUT2D eigenvalue weighted by atomic mass is 16.3. The lowest BCUT2D eigenvalue weighted by atomic mass is 9.80. The Morgan fingerprint density at radius 1 is 0.800 bits per heavy atom. The molecule has 6 rings (SSSR count). The van der Waals surface area contributed by atoms with E-state index in [0.717, 1.165) is 61.2 Å². The number of fused-ring (bicyclic) bond motifs is 1. The van der Waals surface area contributed by atoms with E-state index < -0.39 is 6.10 Å². The van der Waals surface area contributed by atoms with Crippen molar-refractivity contribution in [1.29, 1.82) is 0 Å². The molecule has 0 radical (unpaired) electrons. The van der Waals surface area contributed by atoms with Crippen LogP contribution < -0.4 is 0 Å². The molecule has 0 amide bonds. The fourth-order valence-electron chi connectivity index (χ4n) is 7.44. The van der Waals surface area contributed by atoms with E-state index in [0.29, 0.717) is 30.7 Å². The molecule has 1 heterocycles. The summed E-state index contributed by atoms with van der Waals surface area (Å²) in [6.07, 6.45) is 6.17. The third kappa shape index (κ3) is 7.69. The third-order valence-corrected chi connectivity index (χ3v) is 10.1. The number of aliphatic hydroxyl groups excluding tert-OH is 1. The van der Waals surface area contributed by atoms with Crippen LogP contribution in [-0.4, -0.2) is 41.2 Å². The number of nitrogens with zero attached hydrogens (tertiary/aromatic N) is 1. The minimum Gasteiger partial charge on any atom is -0.388 e. The predicted molar refractivity (Wildman–Crippen MR) is 181 cm³/mol. The number of hydrogen-bond acceptors (Lipinski definition) is 4. The molecule has 232 valence electrons. The highest BCUT2D eigenvalue weighted by Gasteiger charge is 2.29. The molecule has 0 saturated carbocycles. The van der Waals surface area contributed by atoms with Crippen molar-refractivity contribution in [3.63, 3.8) is 0 Å². The summed E-state index contributed by atoms with van der Waals surface area (Å²) in [5.74, 6) is 0.975. The van der Waals surface area contributed by atoms with Crippen molar-refractivity contribution in [1.82, 2.24) is 4.90 Å². The summed E-state index contributed by atoms with van der Waals surface area (Å²) in [5.41, 5.74) is 5.95. The van der Waals surface area contributed by atoms with Gasteiger partial charge in [-0.05, 0) is 98.8 Å².